The van der Waals surface area contributed by atoms with Crippen molar-refractivity contribution in [2.45, 2.75) is 13.2 Å². The number of hydrogen-bond donors (Lipinski definition) is 1. The van der Waals surface area contributed by atoms with E-state index in [1.165, 1.54) is 6.07 Å². The number of pyridine rings is 1. The summed E-state index contributed by atoms with van der Waals surface area (Å²) in [6.45, 7) is 0.547. The van der Waals surface area contributed by atoms with Gasteiger partial charge in [-0.15, -0.1) is 0 Å². The second-order valence-corrected chi connectivity index (χ2v) is 4.78. The third-order valence-corrected chi connectivity index (χ3v) is 3.31. The molecule has 0 atom stereocenters. The van der Waals surface area contributed by atoms with Gasteiger partial charge in [0.2, 0.25) is 0 Å². The third kappa shape index (κ3) is 3.01. The summed E-state index contributed by atoms with van der Waals surface area (Å²) in [5.74, 6) is 0.455. The zero-order valence-corrected chi connectivity index (χ0v) is 11.4. The van der Waals surface area contributed by atoms with Gasteiger partial charge in [0.05, 0.1) is 5.52 Å². The van der Waals surface area contributed by atoms with Crippen molar-refractivity contribution in [3.63, 3.8) is 0 Å². The molecule has 0 aliphatic rings. The van der Waals surface area contributed by atoms with Crippen LogP contribution in [0.4, 0.5) is 4.39 Å². The molecule has 0 saturated heterocycles. The summed E-state index contributed by atoms with van der Waals surface area (Å²) < 4.78 is 19.1. The van der Waals surface area contributed by atoms with E-state index >= 15 is 0 Å². The first-order valence-corrected chi connectivity index (χ1v) is 6.71. The molecular weight excluding hydrogens is 267 g/mol. The first kappa shape index (κ1) is 13.5. The number of ether oxygens (including phenoxy) is 1. The van der Waals surface area contributed by atoms with Gasteiger partial charge in [0.25, 0.3) is 0 Å². The van der Waals surface area contributed by atoms with Crippen molar-refractivity contribution < 1.29 is 9.13 Å². The Bertz CT molecular complexity index is 774. The molecule has 0 amide bonds. The molecule has 3 aromatic rings. The molecule has 3 rings (SSSR count). The Morgan fingerprint density at radius 3 is 2.86 bits per heavy atom. The van der Waals surface area contributed by atoms with Crippen LogP contribution in [0.25, 0.3) is 10.9 Å². The summed E-state index contributed by atoms with van der Waals surface area (Å²) >= 11 is 0. The van der Waals surface area contributed by atoms with Crippen LogP contribution in [-0.2, 0) is 13.2 Å². The lowest BCUT2D eigenvalue weighted by Gasteiger charge is -2.08. The molecule has 0 aliphatic heterocycles. The van der Waals surface area contributed by atoms with Crippen LogP contribution in [0, 0.1) is 5.82 Å². The molecule has 0 saturated carbocycles. The molecule has 2 N–H and O–H groups in total. The van der Waals surface area contributed by atoms with Crippen molar-refractivity contribution in [1.82, 2.24) is 4.98 Å². The standard InChI is InChI=1S/C17H15FN2O/c18-16-6-3-12(8-14(16)10-19)11-21-15-5-4-13-2-1-7-20-17(13)9-15/h1-9H,10-11,19H2. The molecule has 0 unspecified atom stereocenters. The maximum Gasteiger partial charge on any atom is 0.127 e. The predicted molar refractivity (Wildman–Crippen MR) is 80.4 cm³/mol. The van der Waals surface area contributed by atoms with Gasteiger partial charge >= 0.3 is 0 Å². The van der Waals surface area contributed by atoms with E-state index in [0.717, 1.165) is 22.2 Å². The molecule has 3 nitrogen and oxygen atoms in total. The van der Waals surface area contributed by atoms with Crippen LogP contribution in [0.3, 0.4) is 0 Å². The highest BCUT2D eigenvalue weighted by Crippen LogP contribution is 2.20. The topological polar surface area (TPSA) is 48.1 Å². The fourth-order valence-electron chi connectivity index (χ4n) is 2.18. The van der Waals surface area contributed by atoms with Gasteiger partial charge in [0.15, 0.2) is 0 Å². The monoisotopic (exact) mass is 282 g/mol. The second kappa shape index (κ2) is 5.89. The number of nitrogens with two attached hydrogens (primary N) is 1. The SMILES string of the molecule is NCc1cc(COc2ccc3cccnc3c2)ccc1F. The Labute approximate surface area is 122 Å². The lowest BCUT2D eigenvalue weighted by Crippen LogP contribution is -2.02. The lowest BCUT2D eigenvalue weighted by atomic mass is 10.1. The molecule has 0 fully saturated rings. The van der Waals surface area contributed by atoms with E-state index in [0.29, 0.717) is 12.2 Å². The summed E-state index contributed by atoms with van der Waals surface area (Å²) in [5.41, 5.74) is 7.77. The summed E-state index contributed by atoms with van der Waals surface area (Å²) in [4.78, 5) is 4.29. The molecule has 4 heteroatoms. The molecule has 2 aromatic carbocycles. The summed E-state index contributed by atoms with van der Waals surface area (Å²) in [7, 11) is 0. The fraction of sp³-hybridized carbons (Fsp3) is 0.118. The number of fused-ring (bicyclic) bond motifs is 1. The van der Waals surface area contributed by atoms with E-state index in [-0.39, 0.29) is 12.4 Å². The van der Waals surface area contributed by atoms with Gasteiger partial charge < -0.3 is 10.5 Å². The molecule has 1 heterocycles. The molecule has 1 aromatic heterocycles. The largest absolute Gasteiger partial charge is 0.489 e. The Morgan fingerprint density at radius 2 is 2.00 bits per heavy atom. The maximum atomic E-state index is 13.4. The average Bonchev–Trinajstić information content (AvgIpc) is 2.54. The van der Waals surface area contributed by atoms with Gasteiger partial charge in [0.1, 0.15) is 18.2 Å². The van der Waals surface area contributed by atoms with Gasteiger partial charge in [-0.2, -0.15) is 0 Å². The summed E-state index contributed by atoms with van der Waals surface area (Å²) in [6, 6.07) is 14.5. The molecule has 0 spiro atoms. The molecule has 21 heavy (non-hydrogen) atoms. The Kier molecular flexibility index (Phi) is 3.79. The van der Waals surface area contributed by atoms with Crippen molar-refractivity contribution in [3.8, 4) is 5.75 Å². The fourth-order valence-corrected chi connectivity index (χ4v) is 2.18. The molecule has 106 valence electrons. The lowest BCUT2D eigenvalue weighted by molar-refractivity contribution is 0.306. The highest BCUT2D eigenvalue weighted by molar-refractivity contribution is 5.79. The normalized spacial score (nSPS) is 10.8. The maximum absolute atomic E-state index is 13.4. The van der Waals surface area contributed by atoms with Gasteiger partial charge in [-0.3, -0.25) is 4.98 Å². The third-order valence-electron chi connectivity index (χ3n) is 3.31. The van der Waals surface area contributed by atoms with E-state index in [9.17, 15) is 4.39 Å². The number of nitrogens with zero attached hydrogens (tertiary/aromatic N) is 1. The van der Waals surface area contributed by atoms with Gasteiger partial charge in [-0.1, -0.05) is 12.1 Å². The first-order chi connectivity index (χ1) is 10.3. The van der Waals surface area contributed by atoms with Crippen molar-refractivity contribution >= 4 is 10.9 Å². The van der Waals surface area contributed by atoms with Crippen LogP contribution >= 0.6 is 0 Å². The Morgan fingerprint density at radius 1 is 1.10 bits per heavy atom. The van der Waals surface area contributed by atoms with E-state index < -0.39 is 0 Å². The van der Waals surface area contributed by atoms with Crippen LogP contribution in [0.1, 0.15) is 11.1 Å². The van der Waals surface area contributed by atoms with Crippen LogP contribution < -0.4 is 10.5 Å². The smallest absolute Gasteiger partial charge is 0.127 e. The first-order valence-electron chi connectivity index (χ1n) is 6.71. The quantitative estimate of drug-likeness (QED) is 0.797. The minimum Gasteiger partial charge on any atom is -0.489 e. The molecule has 0 radical (unpaired) electrons. The van der Waals surface area contributed by atoms with Crippen LogP contribution in [-0.4, -0.2) is 4.98 Å². The zero-order valence-electron chi connectivity index (χ0n) is 11.4. The van der Waals surface area contributed by atoms with Crippen molar-refractivity contribution in [3.05, 3.63) is 71.7 Å². The van der Waals surface area contributed by atoms with Crippen LogP contribution in [0.2, 0.25) is 0 Å². The van der Waals surface area contributed by atoms with Gasteiger partial charge in [-0.05, 0) is 35.9 Å². The summed E-state index contributed by atoms with van der Waals surface area (Å²) in [6.07, 6.45) is 1.75. The van der Waals surface area contributed by atoms with Crippen LogP contribution in [0.5, 0.6) is 5.75 Å². The number of halogens is 1. The zero-order chi connectivity index (χ0) is 14.7. The van der Waals surface area contributed by atoms with Crippen molar-refractivity contribution in [2.24, 2.45) is 5.73 Å². The van der Waals surface area contributed by atoms with Crippen molar-refractivity contribution in [2.75, 3.05) is 0 Å². The minimum atomic E-state index is -0.281. The highest BCUT2D eigenvalue weighted by atomic mass is 19.1. The van der Waals surface area contributed by atoms with E-state index in [4.69, 9.17) is 10.5 Å². The van der Waals surface area contributed by atoms with E-state index in [1.807, 2.05) is 30.3 Å². The number of benzene rings is 2. The number of aromatic nitrogens is 1. The van der Waals surface area contributed by atoms with E-state index in [2.05, 4.69) is 4.98 Å². The minimum absolute atomic E-state index is 0.180. The molecule has 0 aliphatic carbocycles. The number of hydrogen-bond acceptors (Lipinski definition) is 3. The number of rotatable bonds is 4. The average molecular weight is 282 g/mol. The second-order valence-electron chi connectivity index (χ2n) is 4.78. The van der Waals surface area contributed by atoms with Gasteiger partial charge in [-0.25, -0.2) is 4.39 Å². The van der Waals surface area contributed by atoms with Gasteiger partial charge in [0, 0.05) is 29.8 Å². The summed E-state index contributed by atoms with van der Waals surface area (Å²) in [5, 5.41) is 1.07. The Balaban J connectivity index is 1.76. The predicted octanol–water partition coefficient (Wildman–Crippen LogP) is 3.41. The molecule has 0 bridgehead atoms. The Hall–Kier alpha value is -2.46. The molecular formula is C17H15FN2O. The van der Waals surface area contributed by atoms with E-state index in [1.54, 1.807) is 18.3 Å². The van der Waals surface area contributed by atoms with Crippen molar-refractivity contribution in [1.29, 1.82) is 0 Å². The van der Waals surface area contributed by atoms with Crippen LogP contribution in [0.15, 0.2) is 54.7 Å². The highest BCUT2D eigenvalue weighted by Gasteiger charge is 2.03.